The summed E-state index contributed by atoms with van der Waals surface area (Å²) in [5, 5.41) is 6.53. The number of anilines is 1. The summed E-state index contributed by atoms with van der Waals surface area (Å²) in [6.07, 6.45) is 4.37. The molecule has 0 radical (unpaired) electrons. The van der Waals surface area contributed by atoms with Gasteiger partial charge in [-0.1, -0.05) is 6.07 Å². The SMILES string of the molecule is CCOc1ccc(NC(=NC)NCc2ccc(OCC3CC3)nc2)cc1OC. The number of aliphatic imine (C=N–C) groups is 1. The molecule has 0 atom stereocenters. The molecule has 0 amide bonds. The molecule has 0 unspecified atom stereocenters. The van der Waals surface area contributed by atoms with Crippen molar-refractivity contribution in [2.45, 2.75) is 26.3 Å². The summed E-state index contributed by atoms with van der Waals surface area (Å²) in [6.45, 7) is 3.90. The van der Waals surface area contributed by atoms with Crippen molar-refractivity contribution in [3.05, 3.63) is 42.1 Å². The Morgan fingerprint density at radius 1 is 1.18 bits per heavy atom. The van der Waals surface area contributed by atoms with Gasteiger partial charge in [-0.05, 0) is 43.4 Å². The lowest BCUT2D eigenvalue weighted by atomic mass is 10.2. The van der Waals surface area contributed by atoms with Gasteiger partial charge in [-0.25, -0.2) is 4.98 Å². The Bertz CT molecular complexity index is 789. The molecule has 1 heterocycles. The summed E-state index contributed by atoms with van der Waals surface area (Å²) in [4.78, 5) is 8.63. The molecule has 7 nitrogen and oxygen atoms in total. The first-order valence-electron chi connectivity index (χ1n) is 9.58. The Balaban J connectivity index is 1.52. The molecule has 1 aliphatic rings. The number of nitrogens with one attached hydrogen (secondary N) is 2. The molecular formula is C21H28N4O3. The van der Waals surface area contributed by atoms with Crippen LogP contribution >= 0.6 is 0 Å². The molecule has 0 saturated heterocycles. The van der Waals surface area contributed by atoms with Crippen molar-refractivity contribution in [1.29, 1.82) is 0 Å². The third kappa shape index (κ3) is 5.77. The van der Waals surface area contributed by atoms with E-state index in [-0.39, 0.29) is 0 Å². The van der Waals surface area contributed by atoms with Gasteiger partial charge in [0, 0.05) is 37.6 Å². The van der Waals surface area contributed by atoms with Crippen LogP contribution < -0.4 is 24.8 Å². The van der Waals surface area contributed by atoms with E-state index in [1.807, 2.05) is 43.5 Å². The fourth-order valence-corrected chi connectivity index (χ4v) is 2.61. The van der Waals surface area contributed by atoms with Crippen molar-refractivity contribution in [3.8, 4) is 17.4 Å². The van der Waals surface area contributed by atoms with Crippen molar-refractivity contribution < 1.29 is 14.2 Å². The third-order valence-corrected chi connectivity index (χ3v) is 4.37. The average molecular weight is 384 g/mol. The number of benzene rings is 1. The van der Waals surface area contributed by atoms with E-state index in [1.54, 1.807) is 14.2 Å². The van der Waals surface area contributed by atoms with Gasteiger partial charge >= 0.3 is 0 Å². The molecule has 7 heteroatoms. The van der Waals surface area contributed by atoms with Crippen LogP contribution in [0.1, 0.15) is 25.3 Å². The maximum Gasteiger partial charge on any atom is 0.213 e. The summed E-state index contributed by atoms with van der Waals surface area (Å²) < 4.78 is 16.6. The third-order valence-electron chi connectivity index (χ3n) is 4.37. The van der Waals surface area contributed by atoms with Gasteiger partial charge in [0.05, 0.1) is 20.3 Å². The predicted molar refractivity (Wildman–Crippen MR) is 110 cm³/mol. The molecular weight excluding hydrogens is 356 g/mol. The largest absolute Gasteiger partial charge is 0.493 e. The highest BCUT2D eigenvalue weighted by Gasteiger charge is 2.22. The Morgan fingerprint density at radius 3 is 2.68 bits per heavy atom. The number of hydrogen-bond donors (Lipinski definition) is 2. The van der Waals surface area contributed by atoms with Crippen molar-refractivity contribution in [2.24, 2.45) is 10.9 Å². The van der Waals surface area contributed by atoms with E-state index in [0.29, 0.717) is 36.5 Å². The zero-order valence-corrected chi connectivity index (χ0v) is 16.7. The van der Waals surface area contributed by atoms with Crippen LogP contribution in [-0.4, -0.2) is 38.3 Å². The van der Waals surface area contributed by atoms with Gasteiger partial charge in [-0.2, -0.15) is 0 Å². The lowest BCUT2D eigenvalue weighted by Gasteiger charge is -2.14. The van der Waals surface area contributed by atoms with Crippen LogP contribution in [0.5, 0.6) is 17.4 Å². The van der Waals surface area contributed by atoms with Gasteiger partial charge in [0.15, 0.2) is 17.5 Å². The molecule has 1 aromatic carbocycles. The highest BCUT2D eigenvalue weighted by atomic mass is 16.5. The summed E-state index contributed by atoms with van der Waals surface area (Å²) in [5.41, 5.74) is 1.90. The molecule has 3 rings (SSSR count). The summed E-state index contributed by atoms with van der Waals surface area (Å²) in [7, 11) is 3.36. The topological polar surface area (TPSA) is 77.0 Å². The average Bonchev–Trinajstić information content (AvgIpc) is 3.56. The van der Waals surface area contributed by atoms with Crippen molar-refractivity contribution in [1.82, 2.24) is 10.3 Å². The number of methoxy groups -OCH3 is 1. The second kappa shape index (κ2) is 9.82. The van der Waals surface area contributed by atoms with Crippen LogP contribution in [0.15, 0.2) is 41.5 Å². The Morgan fingerprint density at radius 2 is 2.04 bits per heavy atom. The van der Waals surface area contributed by atoms with Gasteiger partial charge in [0.25, 0.3) is 0 Å². The summed E-state index contributed by atoms with van der Waals surface area (Å²) in [5.74, 6) is 3.44. The Hall–Kier alpha value is -2.96. The number of hydrogen-bond acceptors (Lipinski definition) is 5. The first-order valence-corrected chi connectivity index (χ1v) is 9.58. The molecule has 150 valence electrons. The van der Waals surface area contributed by atoms with Gasteiger partial charge in [0.2, 0.25) is 5.88 Å². The number of nitrogens with zero attached hydrogens (tertiary/aromatic N) is 2. The van der Waals surface area contributed by atoms with E-state index < -0.39 is 0 Å². The lowest BCUT2D eigenvalue weighted by Crippen LogP contribution is -2.30. The second-order valence-electron chi connectivity index (χ2n) is 6.61. The van der Waals surface area contributed by atoms with E-state index in [0.717, 1.165) is 23.8 Å². The first kappa shape index (κ1) is 19.8. The number of guanidine groups is 1. The minimum Gasteiger partial charge on any atom is -0.493 e. The number of ether oxygens (including phenoxy) is 3. The Labute approximate surface area is 166 Å². The number of aromatic nitrogens is 1. The summed E-state index contributed by atoms with van der Waals surface area (Å²) >= 11 is 0. The van der Waals surface area contributed by atoms with E-state index in [1.165, 1.54) is 12.8 Å². The minimum atomic E-state index is 0.588. The predicted octanol–water partition coefficient (Wildman–Crippen LogP) is 3.47. The highest BCUT2D eigenvalue weighted by Crippen LogP contribution is 2.30. The summed E-state index contributed by atoms with van der Waals surface area (Å²) in [6, 6.07) is 9.60. The van der Waals surface area contributed by atoms with Crippen LogP contribution in [0, 0.1) is 5.92 Å². The smallest absolute Gasteiger partial charge is 0.213 e. The van der Waals surface area contributed by atoms with Crippen LogP contribution in [0.4, 0.5) is 5.69 Å². The molecule has 1 aliphatic carbocycles. The molecule has 1 aromatic heterocycles. The van der Waals surface area contributed by atoms with E-state index in [9.17, 15) is 0 Å². The highest BCUT2D eigenvalue weighted by molar-refractivity contribution is 5.93. The van der Waals surface area contributed by atoms with Gasteiger partial charge in [-0.3, -0.25) is 4.99 Å². The van der Waals surface area contributed by atoms with Crippen LogP contribution in [0.2, 0.25) is 0 Å². The molecule has 0 bridgehead atoms. The maximum absolute atomic E-state index is 5.67. The molecule has 2 N–H and O–H groups in total. The Kier molecular flexibility index (Phi) is 6.94. The molecule has 2 aromatic rings. The molecule has 0 spiro atoms. The van der Waals surface area contributed by atoms with E-state index in [4.69, 9.17) is 14.2 Å². The normalized spacial score (nSPS) is 13.8. The van der Waals surface area contributed by atoms with E-state index >= 15 is 0 Å². The zero-order valence-electron chi connectivity index (χ0n) is 16.7. The monoisotopic (exact) mass is 384 g/mol. The minimum absolute atomic E-state index is 0.588. The second-order valence-corrected chi connectivity index (χ2v) is 6.61. The number of rotatable bonds is 9. The molecule has 0 aliphatic heterocycles. The van der Waals surface area contributed by atoms with Crippen LogP contribution in [0.3, 0.4) is 0 Å². The quantitative estimate of drug-likeness (QED) is 0.509. The van der Waals surface area contributed by atoms with Crippen molar-refractivity contribution in [3.63, 3.8) is 0 Å². The zero-order chi connectivity index (χ0) is 19.8. The molecule has 28 heavy (non-hydrogen) atoms. The lowest BCUT2D eigenvalue weighted by molar-refractivity contribution is 0.288. The number of pyridine rings is 1. The molecule has 1 saturated carbocycles. The van der Waals surface area contributed by atoms with Gasteiger partial charge in [-0.15, -0.1) is 0 Å². The van der Waals surface area contributed by atoms with Gasteiger partial charge in [0.1, 0.15) is 0 Å². The first-order chi connectivity index (χ1) is 13.7. The maximum atomic E-state index is 5.67. The standard InChI is InChI=1S/C21H28N4O3/c1-4-27-18-9-8-17(11-19(18)26-3)25-21(22-2)24-13-16-7-10-20(23-12-16)28-14-15-5-6-15/h7-12,15H,4-6,13-14H2,1-3H3,(H2,22,24,25). The van der Waals surface area contributed by atoms with Gasteiger partial charge < -0.3 is 24.8 Å². The molecule has 1 fully saturated rings. The van der Waals surface area contributed by atoms with Crippen LogP contribution in [-0.2, 0) is 6.54 Å². The fraction of sp³-hybridized carbons (Fsp3) is 0.429. The van der Waals surface area contributed by atoms with Crippen molar-refractivity contribution >= 4 is 11.6 Å². The van der Waals surface area contributed by atoms with Crippen molar-refractivity contribution in [2.75, 3.05) is 32.7 Å². The van der Waals surface area contributed by atoms with E-state index in [2.05, 4.69) is 20.6 Å². The van der Waals surface area contributed by atoms with Crippen LogP contribution in [0.25, 0.3) is 0 Å². The fourth-order valence-electron chi connectivity index (χ4n) is 2.61.